The van der Waals surface area contributed by atoms with Gasteiger partial charge < -0.3 is 20.7 Å². The average molecular weight is 281 g/mol. The van der Waals surface area contributed by atoms with Crippen molar-refractivity contribution >= 4 is 17.3 Å². The number of rotatable bonds is 5. The van der Waals surface area contributed by atoms with Crippen LogP contribution in [0, 0.1) is 5.82 Å². The Kier molecular flexibility index (Phi) is 4.32. The summed E-state index contributed by atoms with van der Waals surface area (Å²) in [4.78, 5) is 13.5. The Bertz CT molecular complexity index is 507. The van der Waals surface area contributed by atoms with Crippen molar-refractivity contribution in [2.75, 3.05) is 31.2 Å². The number of hydrogen-bond donors (Lipinski definition) is 2. The molecule has 1 amide bonds. The fourth-order valence-electron chi connectivity index (χ4n) is 2.16. The highest BCUT2D eigenvalue weighted by molar-refractivity contribution is 5.87. The number of nitrogens with zero attached hydrogens (tertiary/aromatic N) is 1. The molecule has 0 saturated carbocycles. The van der Waals surface area contributed by atoms with E-state index in [1.165, 1.54) is 12.1 Å². The molecule has 6 heteroatoms. The molecule has 1 saturated heterocycles. The maximum Gasteiger partial charge on any atom is 0.244 e. The maximum atomic E-state index is 13.7. The van der Waals surface area contributed by atoms with Crippen molar-refractivity contribution in [3.05, 3.63) is 17.9 Å². The van der Waals surface area contributed by atoms with Crippen LogP contribution in [0.2, 0.25) is 0 Å². The Morgan fingerprint density at radius 1 is 1.55 bits per heavy atom. The van der Waals surface area contributed by atoms with Crippen molar-refractivity contribution in [3.8, 4) is 5.75 Å². The molecule has 0 bridgehead atoms. The molecule has 5 nitrogen and oxygen atoms in total. The predicted octanol–water partition coefficient (Wildman–Crippen LogP) is 1.84. The van der Waals surface area contributed by atoms with E-state index in [0.717, 1.165) is 6.42 Å². The number of nitrogens with two attached hydrogens (primary N) is 1. The highest BCUT2D eigenvalue weighted by Gasteiger charge is 2.29. The normalized spacial score (nSPS) is 18.4. The number of carbonyl (C=O) groups is 1. The lowest BCUT2D eigenvalue weighted by Gasteiger charge is -2.16. The van der Waals surface area contributed by atoms with Crippen LogP contribution in [0.5, 0.6) is 5.75 Å². The molecule has 0 spiro atoms. The van der Waals surface area contributed by atoms with Gasteiger partial charge in [-0.05, 0) is 12.8 Å². The van der Waals surface area contributed by atoms with Gasteiger partial charge in [-0.15, -0.1) is 0 Å². The first kappa shape index (κ1) is 14.4. The van der Waals surface area contributed by atoms with E-state index in [0.29, 0.717) is 25.3 Å². The van der Waals surface area contributed by atoms with Crippen LogP contribution in [0.3, 0.4) is 0 Å². The number of amides is 1. The average Bonchev–Trinajstić information content (AvgIpc) is 2.72. The number of carbonyl (C=O) groups excluding carboxylic acids is 1. The molecular formula is C14H20FN3O2. The van der Waals surface area contributed by atoms with Gasteiger partial charge in [-0.25, -0.2) is 4.39 Å². The van der Waals surface area contributed by atoms with Gasteiger partial charge in [-0.1, -0.05) is 6.92 Å². The first-order valence-electron chi connectivity index (χ1n) is 6.76. The van der Waals surface area contributed by atoms with Gasteiger partial charge in [0.15, 0.2) is 11.6 Å². The molecule has 1 aromatic carbocycles. The van der Waals surface area contributed by atoms with Crippen LogP contribution in [0.15, 0.2) is 12.1 Å². The third-order valence-electron chi connectivity index (χ3n) is 3.32. The van der Waals surface area contributed by atoms with E-state index in [-0.39, 0.29) is 23.4 Å². The maximum absolute atomic E-state index is 13.7. The third-order valence-corrected chi connectivity index (χ3v) is 3.32. The van der Waals surface area contributed by atoms with Gasteiger partial charge in [0.25, 0.3) is 0 Å². The number of hydrogen-bond acceptors (Lipinski definition) is 4. The molecule has 1 aliphatic heterocycles. The predicted molar refractivity (Wildman–Crippen MR) is 76.3 cm³/mol. The largest absolute Gasteiger partial charge is 0.490 e. The summed E-state index contributed by atoms with van der Waals surface area (Å²) in [5, 5.41) is 3.07. The molecular weight excluding hydrogens is 261 g/mol. The standard InChI is InChI=1S/C14H20FN3O2/c1-3-6-20-13-8-12(10(16)7-9(13)15)17-11-4-5-18(2)14(11)19/h7-8,11,17H,3-6,16H2,1-2H3. The molecule has 1 fully saturated rings. The van der Waals surface area contributed by atoms with Crippen LogP contribution < -0.4 is 15.8 Å². The van der Waals surface area contributed by atoms with Crippen molar-refractivity contribution in [1.82, 2.24) is 4.90 Å². The van der Waals surface area contributed by atoms with Crippen molar-refractivity contribution in [1.29, 1.82) is 0 Å². The first-order chi connectivity index (χ1) is 9.52. The molecule has 2 rings (SSSR count). The summed E-state index contributed by atoms with van der Waals surface area (Å²) in [7, 11) is 1.76. The minimum absolute atomic E-state index is 0.0183. The number of nitrogen functional groups attached to an aromatic ring is 1. The second-order valence-electron chi connectivity index (χ2n) is 4.96. The molecule has 0 aliphatic carbocycles. The lowest BCUT2D eigenvalue weighted by Crippen LogP contribution is -2.31. The second kappa shape index (κ2) is 5.98. The Balaban J connectivity index is 2.16. The molecule has 1 unspecified atom stereocenters. The number of anilines is 2. The zero-order valence-corrected chi connectivity index (χ0v) is 11.8. The van der Waals surface area contributed by atoms with Gasteiger partial charge in [-0.2, -0.15) is 0 Å². The summed E-state index contributed by atoms with van der Waals surface area (Å²) in [6, 6.07) is 2.43. The van der Waals surface area contributed by atoms with Gasteiger partial charge in [0.05, 0.1) is 18.0 Å². The smallest absolute Gasteiger partial charge is 0.244 e. The quantitative estimate of drug-likeness (QED) is 0.808. The van der Waals surface area contributed by atoms with E-state index in [9.17, 15) is 9.18 Å². The molecule has 20 heavy (non-hydrogen) atoms. The van der Waals surface area contributed by atoms with E-state index in [1.807, 2.05) is 6.92 Å². The number of likely N-dealkylation sites (tertiary alicyclic amines) is 1. The minimum Gasteiger partial charge on any atom is -0.490 e. The summed E-state index contributed by atoms with van der Waals surface area (Å²) in [5.41, 5.74) is 6.60. The van der Waals surface area contributed by atoms with Crippen LogP contribution in [0.4, 0.5) is 15.8 Å². The molecule has 1 atom stereocenters. The summed E-state index contributed by atoms with van der Waals surface area (Å²) < 4.78 is 19.0. The third kappa shape index (κ3) is 2.95. The van der Waals surface area contributed by atoms with E-state index < -0.39 is 5.82 Å². The fraction of sp³-hybridized carbons (Fsp3) is 0.500. The molecule has 1 aliphatic rings. The number of benzene rings is 1. The summed E-state index contributed by atoms with van der Waals surface area (Å²) >= 11 is 0. The molecule has 3 N–H and O–H groups in total. The first-order valence-corrected chi connectivity index (χ1v) is 6.76. The summed E-state index contributed by atoms with van der Waals surface area (Å²) in [5.74, 6) is -0.316. The van der Waals surface area contributed by atoms with Gasteiger partial charge in [0.2, 0.25) is 5.91 Å². The van der Waals surface area contributed by atoms with Crippen LogP contribution in [-0.4, -0.2) is 37.0 Å². The van der Waals surface area contributed by atoms with Crippen LogP contribution in [0.1, 0.15) is 19.8 Å². The van der Waals surface area contributed by atoms with E-state index in [1.54, 1.807) is 11.9 Å². The zero-order chi connectivity index (χ0) is 14.7. The van der Waals surface area contributed by atoms with E-state index >= 15 is 0 Å². The van der Waals surface area contributed by atoms with Gasteiger partial charge in [0, 0.05) is 25.7 Å². The van der Waals surface area contributed by atoms with Crippen molar-refractivity contribution in [2.24, 2.45) is 0 Å². The molecule has 1 heterocycles. The number of likely N-dealkylation sites (N-methyl/N-ethyl adjacent to an activating group) is 1. The van der Waals surface area contributed by atoms with Crippen molar-refractivity contribution in [2.45, 2.75) is 25.8 Å². The fourth-order valence-corrected chi connectivity index (χ4v) is 2.16. The topological polar surface area (TPSA) is 67.6 Å². The van der Waals surface area contributed by atoms with E-state index in [4.69, 9.17) is 10.5 Å². The Hall–Kier alpha value is -1.98. The SMILES string of the molecule is CCCOc1cc(NC2CCN(C)C2=O)c(N)cc1F. The zero-order valence-electron chi connectivity index (χ0n) is 11.8. The van der Waals surface area contributed by atoms with Gasteiger partial charge >= 0.3 is 0 Å². The molecule has 0 radical (unpaired) electrons. The summed E-state index contributed by atoms with van der Waals surface area (Å²) in [6.45, 7) is 3.09. The Morgan fingerprint density at radius 3 is 2.90 bits per heavy atom. The van der Waals surface area contributed by atoms with Gasteiger partial charge in [-0.3, -0.25) is 4.79 Å². The van der Waals surface area contributed by atoms with Crippen LogP contribution in [-0.2, 0) is 4.79 Å². The number of ether oxygens (including phenoxy) is 1. The van der Waals surface area contributed by atoms with Crippen molar-refractivity contribution < 1.29 is 13.9 Å². The van der Waals surface area contributed by atoms with Crippen molar-refractivity contribution in [3.63, 3.8) is 0 Å². The lowest BCUT2D eigenvalue weighted by molar-refractivity contribution is -0.127. The summed E-state index contributed by atoms with van der Waals surface area (Å²) in [6.07, 6.45) is 1.50. The second-order valence-corrected chi connectivity index (χ2v) is 4.96. The number of halogens is 1. The van der Waals surface area contributed by atoms with Gasteiger partial charge in [0.1, 0.15) is 6.04 Å². The Labute approximate surface area is 117 Å². The highest BCUT2D eigenvalue weighted by Crippen LogP contribution is 2.30. The monoisotopic (exact) mass is 281 g/mol. The van der Waals surface area contributed by atoms with Crippen LogP contribution in [0.25, 0.3) is 0 Å². The Morgan fingerprint density at radius 2 is 2.30 bits per heavy atom. The van der Waals surface area contributed by atoms with Crippen LogP contribution >= 0.6 is 0 Å². The highest BCUT2D eigenvalue weighted by atomic mass is 19.1. The molecule has 0 aromatic heterocycles. The minimum atomic E-state index is -0.489. The lowest BCUT2D eigenvalue weighted by atomic mass is 10.2. The molecule has 110 valence electrons. The molecule has 1 aromatic rings. The van der Waals surface area contributed by atoms with E-state index in [2.05, 4.69) is 5.32 Å². The number of nitrogens with one attached hydrogen (secondary N) is 1.